The number of hydrogen-bond acceptors (Lipinski definition) is 1. The molecule has 0 saturated carbocycles. The molecule has 0 aliphatic heterocycles. The molecule has 0 spiro atoms. The van der Waals surface area contributed by atoms with Crippen molar-refractivity contribution in [1.82, 2.24) is 0 Å². The Morgan fingerprint density at radius 3 is 2.77 bits per heavy atom. The third-order valence-corrected chi connectivity index (χ3v) is 2.05. The Balaban J connectivity index is 2.69. The molecule has 1 atom stereocenters. The molecule has 0 aliphatic rings. The molecular formula is C11H14O2. The highest BCUT2D eigenvalue weighted by atomic mass is 16.4. The van der Waals surface area contributed by atoms with Gasteiger partial charge in [0.1, 0.15) is 0 Å². The van der Waals surface area contributed by atoms with E-state index in [0.717, 1.165) is 5.56 Å². The van der Waals surface area contributed by atoms with E-state index in [-0.39, 0.29) is 5.92 Å². The lowest BCUT2D eigenvalue weighted by Crippen LogP contribution is -2.12. The van der Waals surface area contributed by atoms with Crippen molar-refractivity contribution in [2.45, 2.75) is 20.3 Å². The first-order chi connectivity index (χ1) is 6.09. The second kappa shape index (κ2) is 4.08. The van der Waals surface area contributed by atoms with Gasteiger partial charge in [-0.2, -0.15) is 0 Å². The van der Waals surface area contributed by atoms with Crippen LogP contribution in [0.3, 0.4) is 0 Å². The van der Waals surface area contributed by atoms with Crippen molar-refractivity contribution in [2.24, 2.45) is 5.92 Å². The Kier molecular flexibility index (Phi) is 3.07. The van der Waals surface area contributed by atoms with Crippen LogP contribution in [0.25, 0.3) is 0 Å². The van der Waals surface area contributed by atoms with Crippen molar-refractivity contribution in [2.75, 3.05) is 0 Å². The zero-order valence-electron chi connectivity index (χ0n) is 7.95. The van der Waals surface area contributed by atoms with Crippen molar-refractivity contribution in [3.05, 3.63) is 35.4 Å². The molecule has 0 saturated heterocycles. The second-order valence-corrected chi connectivity index (χ2v) is 3.43. The summed E-state index contributed by atoms with van der Waals surface area (Å²) in [4.78, 5) is 10.6. The van der Waals surface area contributed by atoms with Crippen LogP contribution < -0.4 is 0 Å². The van der Waals surface area contributed by atoms with Gasteiger partial charge in [0.05, 0.1) is 5.92 Å². The Morgan fingerprint density at radius 2 is 2.23 bits per heavy atom. The van der Waals surface area contributed by atoms with Crippen LogP contribution in [0.2, 0.25) is 0 Å². The topological polar surface area (TPSA) is 37.3 Å². The van der Waals surface area contributed by atoms with Gasteiger partial charge in [-0.15, -0.1) is 0 Å². The van der Waals surface area contributed by atoms with Crippen LogP contribution in [-0.4, -0.2) is 11.1 Å². The van der Waals surface area contributed by atoms with Crippen molar-refractivity contribution in [3.63, 3.8) is 0 Å². The predicted octanol–water partition coefficient (Wildman–Crippen LogP) is 2.26. The molecule has 0 unspecified atom stereocenters. The van der Waals surface area contributed by atoms with Gasteiger partial charge in [-0.25, -0.2) is 0 Å². The molecule has 13 heavy (non-hydrogen) atoms. The van der Waals surface area contributed by atoms with Crippen LogP contribution >= 0.6 is 0 Å². The van der Waals surface area contributed by atoms with E-state index in [0.29, 0.717) is 6.42 Å². The number of aryl methyl sites for hydroxylation is 1. The average Bonchev–Trinajstić information content (AvgIpc) is 2.04. The molecule has 70 valence electrons. The lowest BCUT2D eigenvalue weighted by atomic mass is 10.0. The lowest BCUT2D eigenvalue weighted by Gasteiger charge is -2.06. The summed E-state index contributed by atoms with van der Waals surface area (Å²) in [7, 11) is 0. The number of hydrogen-bond donors (Lipinski definition) is 1. The van der Waals surface area contributed by atoms with Crippen LogP contribution in [0.4, 0.5) is 0 Å². The fourth-order valence-corrected chi connectivity index (χ4v) is 1.28. The molecule has 1 aromatic rings. The summed E-state index contributed by atoms with van der Waals surface area (Å²) in [6.45, 7) is 3.74. The highest BCUT2D eigenvalue weighted by Crippen LogP contribution is 2.10. The molecule has 0 amide bonds. The average molecular weight is 178 g/mol. The number of carboxylic acid groups (broad SMARTS) is 1. The van der Waals surface area contributed by atoms with Crippen molar-refractivity contribution < 1.29 is 9.90 Å². The lowest BCUT2D eigenvalue weighted by molar-refractivity contribution is -0.141. The highest BCUT2D eigenvalue weighted by Gasteiger charge is 2.10. The molecule has 1 N–H and O–H groups in total. The van der Waals surface area contributed by atoms with Crippen molar-refractivity contribution in [1.29, 1.82) is 0 Å². The van der Waals surface area contributed by atoms with E-state index in [2.05, 4.69) is 0 Å². The Bertz CT molecular complexity index is 305. The molecule has 0 bridgehead atoms. The van der Waals surface area contributed by atoms with Crippen LogP contribution in [0.1, 0.15) is 18.1 Å². The third kappa shape index (κ3) is 2.90. The van der Waals surface area contributed by atoms with Crippen LogP contribution in [-0.2, 0) is 11.2 Å². The zero-order chi connectivity index (χ0) is 9.84. The van der Waals surface area contributed by atoms with Crippen LogP contribution in [0, 0.1) is 12.8 Å². The van der Waals surface area contributed by atoms with E-state index in [1.54, 1.807) is 6.92 Å². The predicted molar refractivity (Wildman–Crippen MR) is 51.7 cm³/mol. The van der Waals surface area contributed by atoms with Gasteiger partial charge in [-0.05, 0) is 18.9 Å². The van der Waals surface area contributed by atoms with E-state index in [4.69, 9.17) is 5.11 Å². The van der Waals surface area contributed by atoms with E-state index in [9.17, 15) is 4.79 Å². The number of carboxylic acids is 1. The van der Waals surface area contributed by atoms with Gasteiger partial charge in [0.25, 0.3) is 0 Å². The summed E-state index contributed by atoms with van der Waals surface area (Å²) in [5, 5.41) is 8.71. The molecule has 0 heterocycles. The fourth-order valence-electron chi connectivity index (χ4n) is 1.28. The van der Waals surface area contributed by atoms with Gasteiger partial charge in [0.15, 0.2) is 0 Å². The Labute approximate surface area is 78.2 Å². The monoisotopic (exact) mass is 178 g/mol. The second-order valence-electron chi connectivity index (χ2n) is 3.43. The minimum Gasteiger partial charge on any atom is -0.481 e. The first-order valence-electron chi connectivity index (χ1n) is 4.38. The summed E-state index contributed by atoms with van der Waals surface area (Å²) < 4.78 is 0. The van der Waals surface area contributed by atoms with Crippen molar-refractivity contribution in [3.8, 4) is 0 Å². The number of rotatable bonds is 3. The standard InChI is InChI=1S/C11H14O2/c1-8-4-3-5-10(6-8)7-9(2)11(12)13/h3-6,9H,7H2,1-2H3,(H,12,13)/t9-/m1/s1. The zero-order valence-corrected chi connectivity index (χ0v) is 7.95. The molecule has 0 aliphatic carbocycles. The molecule has 0 radical (unpaired) electrons. The Hall–Kier alpha value is -1.31. The van der Waals surface area contributed by atoms with Gasteiger partial charge in [0, 0.05) is 0 Å². The maximum Gasteiger partial charge on any atom is 0.306 e. The highest BCUT2D eigenvalue weighted by molar-refractivity contribution is 5.69. The summed E-state index contributed by atoms with van der Waals surface area (Å²) in [5.41, 5.74) is 2.27. The van der Waals surface area contributed by atoms with E-state index >= 15 is 0 Å². The number of aliphatic carboxylic acids is 1. The SMILES string of the molecule is Cc1cccc(C[C@@H](C)C(=O)O)c1. The summed E-state index contributed by atoms with van der Waals surface area (Å²) in [6.07, 6.45) is 0.608. The van der Waals surface area contributed by atoms with E-state index in [1.165, 1.54) is 5.56 Å². The Morgan fingerprint density at radius 1 is 1.54 bits per heavy atom. The summed E-state index contributed by atoms with van der Waals surface area (Å²) in [5.74, 6) is -1.04. The minimum atomic E-state index is -0.735. The van der Waals surface area contributed by atoms with Gasteiger partial charge in [-0.1, -0.05) is 36.8 Å². The fraction of sp³-hybridized carbons (Fsp3) is 0.364. The molecule has 0 fully saturated rings. The quantitative estimate of drug-likeness (QED) is 0.770. The maximum atomic E-state index is 10.6. The van der Waals surface area contributed by atoms with Crippen molar-refractivity contribution >= 4 is 5.97 Å². The third-order valence-electron chi connectivity index (χ3n) is 2.05. The minimum absolute atomic E-state index is 0.304. The number of benzene rings is 1. The summed E-state index contributed by atoms with van der Waals surface area (Å²) in [6, 6.07) is 7.96. The van der Waals surface area contributed by atoms with Gasteiger partial charge in [0.2, 0.25) is 0 Å². The number of carbonyl (C=O) groups is 1. The molecular weight excluding hydrogens is 164 g/mol. The van der Waals surface area contributed by atoms with Crippen LogP contribution in [0.15, 0.2) is 24.3 Å². The molecule has 2 heteroatoms. The smallest absolute Gasteiger partial charge is 0.306 e. The van der Waals surface area contributed by atoms with Gasteiger partial charge >= 0.3 is 5.97 Å². The summed E-state index contributed by atoms with van der Waals surface area (Å²) >= 11 is 0. The normalized spacial score (nSPS) is 12.5. The molecule has 1 rings (SSSR count). The first-order valence-corrected chi connectivity index (χ1v) is 4.38. The van der Waals surface area contributed by atoms with Gasteiger partial charge in [-0.3, -0.25) is 4.79 Å². The van der Waals surface area contributed by atoms with E-state index in [1.807, 2.05) is 31.2 Å². The first kappa shape index (κ1) is 9.78. The maximum absolute atomic E-state index is 10.6. The van der Waals surface area contributed by atoms with Crippen LogP contribution in [0.5, 0.6) is 0 Å². The molecule has 0 aromatic heterocycles. The largest absolute Gasteiger partial charge is 0.481 e. The molecule has 2 nitrogen and oxygen atoms in total. The molecule has 1 aromatic carbocycles. The van der Waals surface area contributed by atoms with E-state index < -0.39 is 5.97 Å². The van der Waals surface area contributed by atoms with Gasteiger partial charge < -0.3 is 5.11 Å².